The first-order valence-electron chi connectivity index (χ1n) is 5.43. The molecule has 1 atom stereocenters. The summed E-state index contributed by atoms with van der Waals surface area (Å²) in [6.45, 7) is 5.94. The molecule has 0 bridgehead atoms. The van der Waals surface area contributed by atoms with E-state index in [1.807, 2.05) is 4.57 Å². The minimum atomic E-state index is -0.124. The lowest BCUT2D eigenvalue weighted by molar-refractivity contribution is -0.0950. The Kier molecular flexibility index (Phi) is 3.78. The highest BCUT2D eigenvalue weighted by molar-refractivity contribution is 6.16. The highest BCUT2D eigenvalue weighted by atomic mass is 35.5. The summed E-state index contributed by atoms with van der Waals surface area (Å²) in [6.07, 6.45) is -0.124. The molecule has 0 radical (unpaired) electrons. The average molecular weight is 246 g/mol. The van der Waals surface area contributed by atoms with E-state index in [-0.39, 0.29) is 12.1 Å². The highest BCUT2D eigenvalue weighted by Crippen LogP contribution is 2.23. The van der Waals surface area contributed by atoms with E-state index in [1.165, 1.54) is 0 Å². The topological polar surface area (TPSA) is 49.2 Å². The van der Waals surface area contributed by atoms with Crippen molar-refractivity contribution < 1.29 is 9.47 Å². The smallest absolute Gasteiger partial charge is 0.164 e. The maximum atomic E-state index is 5.83. The first-order valence-corrected chi connectivity index (χ1v) is 5.96. The minimum Gasteiger partial charge on any atom is -0.376 e. The van der Waals surface area contributed by atoms with E-state index in [2.05, 4.69) is 24.0 Å². The zero-order valence-electron chi connectivity index (χ0n) is 9.52. The van der Waals surface area contributed by atoms with Gasteiger partial charge in [-0.25, -0.2) is 0 Å². The molecule has 0 aromatic carbocycles. The SMILES string of the molecule is CC(C)n1c(CCl)nnc1C1COCCO1. The summed E-state index contributed by atoms with van der Waals surface area (Å²) in [4.78, 5) is 0. The molecule has 16 heavy (non-hydrogen) atoms. The fraction of sp³-hybridized carbons (Fsp3) is 0.800. The Bertz CT molecular complexity index is 348. The standard InChI is InChI=1S/C10H16ClN3O2/c1-7(2)14-9(5-11)12-13-10(14)8-6-15-3-4-16-8/h7-8H,3-6H2,1-2H3. The summed E-state index contributed by atoms with van der Waals surface area (Å²) in [5.74, 6) is 1.95. The molecule has 0 N–H and O–H groups in total. The number of halogens is 1. The van der Waals surface area contributed by atoms with Crippen molar-refractivity contribution >= 4 is 11.6 Å². The van der Waals surface area contributed by atoms with Crippen molar-refractivity contribution in [1.29, 1.82) is 0 Å². The van der Waals surface area contributed by atoms with Crippen LogP contribution in [0.1, 0.15) is 37.6 Å². The third kappa shape index (κ3) is 2.21. The summed E-state index contributed by atoms with van der Waals surface area (Å²) in [5.41, 5.74) is 0. The van der Waals surface area contributed by atoms with Gasteiger partial charge >= 0.3 is 0 Å². The second-order valence-electron chi connectivity index (χ2n) is 4.01. The van der Waals surface area contributed by atoms with Crippen LogP contribution in [0.15, 0.2) is 0 Å². The lowest BCUT2D eigenvalue weighted by atomic mass is 10.3. The third-order valence-corrected chi connectivity index (χ3v) is 2.77. The van der Waals surface area contributed by atoms with Crippen LogP contribution in [0, 0.1) is 0 Å². The average Bonchev–Trinajstić information content (AvgIpc) is 2.73. The fourth-order valence-corrected chi connectivity index (χ4v) is 2.03. The van der Waals surface area contributed by atoms with Gasteiger partial charge in [-0.3, -0.25) is 0 Å². The van der Waals surface area contributed by atoms with Crippen molar-refractivity contribution in [1.82, 2.24) is 14.8 Å². The van der Waals surface area contributed by atoms with E-state index in [0.717, 1.165) is 11.6 Å². The quantitative estimate of drug-likeness (QED) is 0.761. The molecular formula is C10H16ClN3O2. The van der Waals surface area contributed by atoms with Gasteiger partial charge in [0.15, 0.2) is 5.82 Å². The van der Waals surface area contributed by atoms with Crippen LogP contribution < -0.4 is 0 Å². The van der Waals surface area contributed by atoms with Crippen LogP contribution in [0.3, 0.4) is 0 Å². The van der Waals surface area contributed by atoms with Crippen LogP contribution in [0.2, 0.25) is 0 Å². The van der Waals surface area contributed by atoms with Gasteiger partial charge in [-0.2, -0.15) is 0 Å². The van der Waals surface area contributed by atoms with Gasteiger partial charge in [-0.05, 0) is 13.8 Å². The highest BCUT2D eigenvalue weighted by Gasteiger charge is 2.25. The number of alkyl halides is 1. The Labute approximate surface area is 99.7 Å². The number of nitrogens with zero attached hydrogens (tertiary/aromatic N) is 3. The molecule has 1 unspecified atom stereocenters. The maximum Gasteiger partial charge on any atom is 0.164 e. The van der Waals surface area contributed by atoms with Crippen molar-refractivity contribution in [3.8, 4) is 0 Å². The monoisotopic (exact) mass is 245 g/mol. The summed E-state index contributed by atoms with van der Waals surface area (Å²) >= 11 is 5.83. The van der Waals surface area contributed by atoms with E-state index >= 15 is 0 Å². The molecule has 6 heteroatoms. The Hall–Kier alpha value is -0.650. The third-order valence-electron chi connectivity index (χ3n) is 2.53. The van der Waals surface area contributed by atoms with E-state index < -0.39 is 0 Å². The molecule has 0 amide bonds. The van der Waals surface area contributed by atoms with Crippen LogP contribution in [0.5, 0.6) is 0 Å². The molecule has 1 saturated heterocycles. The molecule has 1 aliphatic heterocycles. The minimum absolute atomic E-state index is 0.124. The Morgan fingerprint density at radius 3 is 2.81 bits per heavy atom. The molecule has 1 aromatic rings. The molecule has 2 heterocycles. The molecule has 5 nitrogen and oxygen atoms in total. The molecule has 1 aromatic heterocycles. The normalized spacial score (nSPS) is 21.6. The van der Waals surface area contributed by atoms with Gasteiger partial charge in [0.05, 0.1) is 25.7 Å². The summed E-state index contributed by atoms with van der Waals surface area (Å²) in [7, 11) is 0. The molecule has 0 saturated carbocycles. The molecule has 0 aliphatic carbocycles. The van der Waals surface area contributed by atoms with Gasteiger partial charge in [-0.15, -0.1) is 21.8 Å². The molecule has 0 spiro atoms. The maximum absolute atomic E-state index is 5.83. The zero-order valence-corrected chi connectivity index (χ0v) is 10.3. The van der Waals surface area contributed by atoms with Crippen molar-refractivity contribution in [2.24, 2.45) is 0 Å². The largest absolute Gasteiger partial charge is 0.376 e. The van der Waals surface area contributed by atoms with Crippen LogP contribution in [-0.4, -0.2) is 34.6 Å². The van der Waals surface area contributed by atoms with E-state index in [9.17, 15) is 0 Å². The van der Waals surface area contributed by atoms with Gasteiger partial charge < -0.3 is 14.0 Å². The second kappa shape index (κ2) is 5.12. The predicted molar refractivity (Wildman–Crippen MR) is 59.5 cm³/mol. The number of rotatable bonds is 3. The van der Waals surface area contributed by atoms with Gasteiger partial charge in [0.1, 0.15) is 11.9 Å². The lowest BCUT2D eigenvalue weighted by Gasteiger charge is -2.24. The number of aromatic nitrogens is 3. The molecule has 1 aliphatic rings. The summed E-state index contributed by atoms with van der Waals surface area (Å²) in [6, 6.07) is 0.268. The summed E-state index contributed by atoms with van der Waals surface area (Å²) in [5, 5.41) is 8.23. The van der Waals surface area contributed by atoms with Crippen LogP contribution in [-0.2, 0) is 15.4 Å². The van der Waals surface area contributed by atoms with Crippen LogP contribution in [0.4, 0.5) is 0 Å². The molecule has 1 fully saturated rings. The number of hydrogen-bond acceptors (Lipinski definition) is 4. The van der Waals surface area contributed by atoms with Crippen molar-refractivity contribution in [2.75, 3.05) is 19.8 Å². The first-order chi connectivity index (χ1) is 7.74. The van der Waals surface area contributed by atoms with Crippen LogP contribution >= 0.6 is 11.6 Å². The van der Waals surface area contributed by atoms with Crippen molar-refractivity contribution in [3.05, 3.63) is 11.6 Å². The van der Waals surface area contributed by atoms with Crippen LogP contribution in [0.25, 0.3) is 0 Å². The zero-order chi connectivity index (χ0) is 11.5. The second-order valence-corrected chi connectivity index (χ2v) is 4.27. The predicted octanol–water partition coefficient (Wildman–Crippen LogP) is 1.69. The van der Waals surface area contributed by atoms with Gasteiger partial charge in [0, 0.05) is 6.04 Å². The molecule has 90 valence electrons. The Morgan fingerprint density at radius 2 is 2.25 bits per heavy atom. The first kappa shape index (κ1) is 11.8. The summed E-state index contributed by atoms with van der Waals surface area (Å²) < 4.78 is 13.0. The van der Waals surface area contributed by atoms with E-state index in [0.29, 0.717) is 25.7 Å². The number of hydrogen-bond donors (Lipinski definition) is 0. The van der Waals surface area contributed by atoms with Crippen molar-refractivity contribution in [3.63, 3.8) is 0 Å². The molecule has 2 rings (SSSR count). The Balaban J connectivity index is 2.28. The van der Waals surface area contributed by atoms with Gasteiger partial charge in [0.2, 0.25) is 0 Å². The fourth-order valence-electron chi connectivity index (χ4n) is 1.85. The Morgan fingerprint density at radius 1 is 1.44 bits per heavy atom. The van der Waals surface area contributed by atoms with Crippen molar-refractivity contribution in [2.45, 2.75) is 31.9 Å². The number of ether oxygens (including phenoxy) is 2. The van der Waals surface area contributed by atoms with E-state index in [4.69, 9.17) is 21.1 Å². The molecular weight excluding hydrogens is 230 g/mol. The van der Waals surface area contributed by atoms with Gasteiger partial charge in [-0.1, -0.05) is 0 Å². The van der Waals surface area contributed by atoms with E-state index in [1.54, 1.807) is 0 Å². The van der Waals surface area contributed by atoms with Gasteiger partial charge in [0.25, 0.3) is 0 Å². The lowest BCUT2D eigenvalue weighted by Crippen LogP contribution is -2.25.